The molecule has 3 aromatic carbocycles. The lowest BCUT2D eigenvalue weighted by atomic mass is 10.1. The van der Waals surface area contributed by atoms with Crippen LogP contribution in [0.5, 0.6) is 0 Å². The number of hydrogen-bond donors (Lipinski definition) is 1. The summed E-state index contributed by atoms with van der Waals surface area (Å²) in [6.45, 7) is 0.996. The summed E-state index contributed by atoms with van der Waals surface area (Å²) in [6.07, 6.45) is 0.188. The molecule has 0 heterocycles. The molecule has 12 heteroatoms. The Balaban J connectivity index is 1.76. The highest BCUT2D eigenvalue weighted by atomic mass is 32.2. The van der Waals surface area contributed by atoms with Gasteiger partial charge in [0.1, 0.15) is 0 Å². The van der Waals surface area contributed by atoms with E-state index in [0.29, 0.717) is 9.87 Å². The van der Waals surface area contributed by atoms with Crippen LogP contribution in [0.3, 0.4) is 0 Å². The maximum Gasteiger partial charge on any atom is 0.274 e. The van der Waals surface area contributed by atoms with Crippen LogP contribution in [0.2, 0.25) is 0 Å². The summed E-state index contributed by atoms with van der Waals surface area (Å²) < 4.78 is 95.4. The zero-order valence-electron chi connectivity index (χ0n) is 18.9. The minimum atomic E-state index is -5.11. The van der Waals surface area contributed by atoms with Crippen LogP contribution in [0.25, 0.3) is 0 Å². The molecule has 0 aliphatic carbocycles. The Labute approximate surface area is 204 Å². The van der Waals surface area contributed by atoms with E-state index in [1.807, 2.05) is 30.3 Å². The van der Waals surface area contributed by atoms with Crippen LogP contribution in [0.4, 0.5) is 22.0 Å². The number of carbonyl (C=O) groups excluding carboxylic acids is 1. The first-order valence-corrected chi connectivity index (χ1v) is 12.1. The molecule has 1 N–H and O–H groups in total. The van der Waals surface area contributed by atoms with Crippen molar-refractivity contribution in [1.29, 1.82) is 0 Å². The van der Waals surface area contributed by atoms with Crippen molar-refractivity contribution in [2.45, 2.75) is 31.4 Å². The SMILES string of the molecule is CCCN(Cc1ccc(C(=O)NOCc2ccccc2)cc1)S(=O)(=O)c1c(F)c(F)c(F)c(F)c1F. The molecule has 0 radical (unpaired) electrons. The molecule has 36 heavy (non-hydrogen) atoms. The number of nitrogens with zero attached hydrogens (tertiary/aromatic N) is 1. The molecular formula is C24H21F5N2O4S. The van der Waals surface area contributed by atoms with Crippen LogP contribution < -0.4 is 5.48 Å². The minimum Gasteiger partial charge on any atom is -0.269 e. The molecule has 3 aromatic rings. The predicted molar refractivity (Wildman–Crippen MR) is 119 cm³/mol. The number of carbonyl (C=O) groups is 1. The third-order valence-corrected chi connectivity index (χ3v) is 6.93. The van der Waals surface area contributed by atoms with Gasteiger partial charge in [0.2, 0.25) is 15.8 Å². The Morgan fingerprint density at radius 3 is 1.94 bits per heavy atom. The second-order valence-corrected chi connectivity index (χ2v) is 9.51. The second-order valence-electron chi connectivity index (χ2n) is 7.64. The van der Waals surface area contributed by atoms with Gasteiger partial charge in [-0.15, -0.1) is 0 Å². The Hall–Kier alpha value is -3.35. The summed E-state index contributed by atoms with van der Waals surface area (Å²) in [5.74, 6) is -12.6. The molecule has 192 valence electrons. The van der Waals surface area contributed by atoms with Crippen molar-refractivity contribution < 1.29 is 40.0 Å². The topological polar surface area (TPSA) is 75.7 Å². The maximum absolute atomic E-state index is 14.2. The van der Waals surface area contributed by atoms with E-state index in [2.05, 4.69) is 5.48 Å². The lowest BCUT2D eigenvalue weighted by molar-refractivity contribution is 0.0233. The third kappa shape index (κ3) is 5.89. The van der Waals surface area contributed by atoms with E-state index >= 15 is 0 Å². The van der Waals surface area contributed by atoms with Gasteiger partial charge in [0, 0.05) is 18.7 Å². The largest absolute Gasteiger partial charge is 0.274 e. The highest BCUT2D eigenvalue weighted by Crippen LogP contribution is 2.30. The fraction of sp³-hybridized carbons (Fsp3) is 0.208. The number of nitrogens with one attached hydrogen (secondary N) is 1. The minimum absolute atomic E-state index is 0.131. The van der Waals surface area contributed by atoms with Crippen molar-refractivity contribution >= 4 is 15.9 Å². The number of benzene rings is 3. The van der Waals surface area contributed by atoms with Crippen molar-refractivity contribution in [3.05, 3.63) is 100 Å². The lowest BCUT2D eigenvalue weighted by Crippen LogP contribution is -2.33. The van der Waals surface area contributed by atoms with Crippen LogP contribution >= 0.6 is 0 Å². The Morgan fingerprint density at radius 2 is 1.39 bits per heavy atom. The second kappa shape index (κ2) is 11.6. The summed E-state index contributed by atoms with van der Waals surface area (Å²) in [5, 5.41) is 0. The molecule has 0 fully saturated rings. The van der Waals surface area contributed by atoms with Gasteiger partial charge in [-0.1, -0.05) is 49.4 Å². The monoisotopic (exact) mass is 528 g/mol. The lowest BCUT2D eigenvalue weighted by Gasteiger charge is -2.22. The van der Waals surface area contributed by atoms with Crippen LogP contribution in [0.15, 0.2) is 59.5 Å². The normalized spacial score (nSPS) is 11.6. The molecule has 3 rings (SSSR count). The molecular weight excluding hydrogens is 507 g/mol. The van der Waals surface area contributed by atoms with E-state index in [-0.39, 0.29) is 25.1 Å². The van der Waals surface area contributed by atoms with Crippen molar-refractivity contribution in [3.63, 3.8) is 0 Å². The Morgan fingerprint density at radius 1 is 0.833 bits per heavy atom. The molecule has 0 saturated carbocycles. The van der Waals surface area contributed by atoms with E-state index in [1.165, 1.54) is 24.3 Å². The molecule has 0 bridgehead atoms. The van der Waals surface area contributed by atoms with Gasteiger partial charge in [0.25, 0.3) is 5.91 Å². The van der Waals surface area contributed by atoms with Gasteiger partial charge in [0.15, 0.2) is 28.2 Å². The van der Waals surface area contributed by atoms with E-state index in [9.17, 15) is 35.2 Å². The van der Waals surface area contributed by atoms with Crippen LogP contribution in [-0.4, -0.2) is 25.2 Å². The molecule has 0 saturated heterocycles. The van der Waals surface area contributed by atoms with Crippen molar-refractivity contribution in [1.82, 2.24) is 9.79 Å². The van der Waals surface area contributed by atoms with E-state index in [1.54, 1.807) is 6.92 Å². The first kappa shape index (κ1) is 27.2. The number of hydrogen-bond acceptors (Lipinski definition) is 4. The van der Waals surface area contributed by atoms with Gasteiger partial charge in [-0.3, -0.25) is 9.63 Å². The van der Waals surface area contributed by atoms with Crippen LogP contribution in [0, 0.1) is 29.1 Å². The number of halogens is 5. The Kier molecular flexibility index (Phi) is 8.77. The van der Waals surface area contributed by atoms with E-state index < -0.39 is 56.5 Å². The Bertz CT molecular complexity index is 1310. The number of rotatable bonds is 10. The summed E-state index contributed by atoms with van der Waals surface area (Å²) in [4.78, 5) is 15.5. The zero-order chi connectivity index (χ0) is 26.5. The maximum atomic E-state index is 14.2. The molecule has 6 nitrogen and oxygen atoms in total. The summed E-state index contributed by atoms with van der Waals surface area (Å²) in [6, 6.07) is 14.6. The summed E-state index contributed by atoms with van der Waals surface area (Å²) in [5.41, 5.74) is 3.58. The molecule has 0 aliphatic heterocycles. The van der Waals surface area contributed by atoms with Gasteiger partial charge in [0.05, 0.1) is 6.61 Å². The van der Waals surface area contributed by atoms with Gasteiger partial charge in [-0.2, -0.15) is 4.31 Å². The third-order valence-electron chi connectivity index (χ3n) is 5.06. The smallest absolute Gasteiger partial charge is 0.269 e. The average Bonchev–Trinajstić information content (AvgIpc) is 2.87. The van der Waals surface area contributed by atoms with E-state index in [0.717, 1.165) is 5.56 Å². The number of sulfonamides is 1. The summed E-state index contributed by atoms with van der Waals surface area (Å²) >= 11 is 0. The van der Waals surface area contributed by atoms with Gasteiger partial charge in [-0.25, -0.2) is 35.8 Å². The first-order valence-electron chi connectivity index (χ1n) is 10.6. The van der Waals surface area contributed by atoms with Crippen molar-refractivity contribution in [3.8, 4) is 0 Å². The van der Waals surface area contributed by atoms with Crippen LogP contribution in [0.1, 0.15) is 34.8 Å². The standard InChI is InChI=1S/C24H21F5N2O4S/c1-2-12-31(36(33,34)23-21(28)19(26)18(25)20(27)22(23)29)13-15-8-10-17(11-9-15)24(32)30-35-14-16-6-4-3-5-7-16/h3-11H,2,12-14H2,1H3,(H,30,32). The fourth-order valence-corrected chi connectivity index (χ4v) is 4.89. The molecule has 0 atom stereocenters. The average molecular weight is 528 g/mol. The number of hydroxylamine groups is 1. The molecule has 0 unspecified atom stereocenters. The highest BCUT2D eigenvalue weighted by Gasteiger charge is 2.37. The van der Waals surface area contributed by atoms with Gasteiger partial charge < -0.3 is 0 Å². The van der Waals surface area contributed by atoms with E-state index in [4.69, 9.17) is 4.84 Å². The van der Waals surface area contributed by atoms with Gasteiger partial charge in [-0.05, 0) is 29.7 Å². The zero-order valence-corrected chi connectivity index (χ0v) is 19.7. The van der Waals surface area contributed by atoms with Crippen molar-refractivity contribution in [2.75, 3.05) is 6.54 Å². The molecule has 0 aromatic heterocycles. The number of amides is 1. The van der Waals surface area contributed by atoms with Crippen LogP contribution in [-0.2, 0) is 28.0 Å². The van der Waals surface area contributed by atoms with Gasteiger partial charge >= 0.3 is 0 Å². The molecule has 0 aliphatic rings. The highest BCUT2D eigenvalue weighted by molar-refractivity contribution is 7.89. The molecule has 0 spiro atoms. The predicted octanol–water partition coefficient (Wildman–Crippen LogP) is 4.84. The summed E-state index contributed by atoms with van der Waals surface area (Å²) in [7, 11) is -5.11. The quantitative estimate of drug-likeness (QED) is 0.177. The molecule has 1 amide bonds. The van der Waals surface area contributed by atoms with Crippen molar-refractivity contribution in [2.24, 2.45) is 0 Å². The fourth-order valence-electron chi connectivity index (χ4n) is 3.26. The first-order chi connectivity index (χ1) is 17.1.